The first-order valence-electron chi connectivity index (χ1n) is 9.75. The number of hydrogen-bond donors (Lipinski definition) is 0. The van der Waals surface area contributed by atoms with E-state index in [0.29, 0.717) is 11.9 Å². The lowest BCUT2D eigenvalue weighted by molar-refractivity contribution is -0.137. The first-order valence-corrected chi connectivity index (χ1v) is 10.5. The fourth-order valence-corrected chi connectivity index (χ4v) is 4.97. The van der Waals surface area contributed by atoms with E-state index in [1.165, 1.54) is 10.1 Å². The zero-order valence-corrected chi connectivity index (χ0v) is 16.5. The molecule has 0 N–H and O–H groups in total. The maximum absolute atomic E-state index is 13.0. The van der Waals surface area contributed by atoms with Gasteiger partial charge in [0.05, 0.1) is 10.6 Å². The molecule has 26 heavy (non-hydrogen) atoms. The minimum absolute atomic E-state index is 0.179. The van der Waals surface area contributed by atoms with Crippen LogP contribution in [0.25, 0.3) is 10.1 Å². The Kier molecular flexibility index (Phi) is 5.14. The Morgan fingerprint density at radius 1 is 1.15 bits per heavy atom. The van der Waals surface area contributed by atoms with E-state index < -0.39 is 0 Å². The van der Waals surface area contributed by atoms with Gasteiger partial charge in [0.25, 0.3) is 0 Å². The molecule has 0 aliphatic carbocycles. The van der Waals surface area contributed by atoms with Gasteiger partial charge in [0.1, 0.15) is 5.82 Å². The van der Waals surface area contributed by atoms with Crippen molar-refractivity contribution in [3.8, 4) is 0 Å². The number of rotatable bonds is 3. The largest absolute Gasteiger partial charge is 0.352 e. The van der Waals surface area contributed by atoms with Crippen molar-refractivity contribution >= 4 is 33.3 Å². The van der Waals surface area contributed by atoms with Gasteiger partial charge in [-0.1, -0.05) is 12.1 Å². The van der Waals surface area contributed by atoms with Crippen molar-refractivity contribution in [3.63, 3.8) is 0 Å². The van der Waals surface area contributed by atoms with Crippen LogP contribution in [0.2, 0.25) is 0 Å². The molecule has 0 radical (unpaired) electrons. The van der Waals surface area contributed by atoms with E-state index in [1.54, 1.807) is 11.5 Å². The van der Waals surface area contributed by atoms with Crippen LogP contribution in [0.1, 0.15) is 26.7 Å². The molecule has 0 unspecified atom stereocenters. The molecule has 2 aliphatic heterocycles. The minimum Gasteiger partial charge on any atom is -0.352 e. The summed E-state index contributed by atoms with van der Waals surface area (Å²) < 4.78 is 5.90. The number of fused-ring (bicyclic) bond motifs is 1. The van der Waals surface area contributed by atoms with E-state index in [2.05, 4.69) is 57.2 Å². The molecule has 0 spiro atoms. The van der Waals surface area contributed by atoms with Gasteiger partial charge >= 0.3 is 0 Å². The smallest absolute Gasteiger partial charge is 0.227 e. The first kappa shape index (κ1) is 17.7. The summed E-state index contributed by atoms with van der Waals surface area (Å²) in [5.41, 5.74) is 0. The standard InChI is InChI=1S/C20H28N4OS/c1-15(2)24-9-5-6-16(14-24)20(25)23-12-10-22(11-13-23)19-17-7-3-4-8-18(17)26-21-19/h3-4,7-8,15-16H,5-6,9-14H2,1-2H3/t16-/m0/s1. The number of aromatic nitrogens is 1. The lowest BCUT2D eigenvalue weighted by Crippen LogP contribution is -2.53. The van der Waals surface area contributed by atoms with Crippen LogP contribution in [0, 0.1) is 5.92 Å². The Labute approximate surface area is 159 Å². The second-order valence-corrected chi connectivity index (χ2v) is 8.55. The Morgan fingerprint density at radius 2 is 1.92 bits per heavy atom. The van der Waals surface area contributed by atoms with E-state index in [1.807, 2.05) is 0 Å². The van der Waals surface area contributed by atoms with Gasteiger partial charge in [0.2, 0.25) is 5.91 Å². The zero-order chi connectivity index (χ0) is 18.1. The molecule has 3 heterocycles. The highest BCUT2D eigenvalue weighted by Gasteiger charge is 2.32. The van der Waals surface area contributed by atoms with Crippen molar-refractivity contribution < 1.29 is 4.79 Å². The molecule has 2 fully saturated rings. The molecule has 140 valence electrons. The van der Waals surface area contributed by atoms with Gasteiger partial charge in [-0.2, -0.15) is 4.37 Å². The molecule has 6 heteroatoms. The number of anilines is 1. The summed E-state index contributed by atoms with van der Waals surface area (Å²) in [6.07, 6.45) is 2.18. The number of carbonyl (C=O) groups is 1. The Balaban J connectivity index is 1.38. The first-order chi connectivity index (χ1) is 12.6. The van der Waals surface area contributed by atoms with Gasteiger partial charge in [-0.25, -0.2) is 0 Å². The number of hydrogen-bond acceptors (Lipinski definition) is 5. The Bertz CT molecular complexity index is 766. The molecule has 4 rings (SSSR count). The highest BCUT2D eigenvalue weighted by molar-refractivity contribution is 7.13. The van der Waals surface area contributed by atoms with Crippen molar-refractivity contribution in [2.24, 2.45) is 5.92 Å². The predicted octanol–water partition coefficient (Wildman–Crippen LogP) is 3.07. The van der Waals surface area contributed by atoms with Gasteiger partial charge in [-0.15, -0.1) is 0 Å². The van der Waals surface area contributed by atoms with Crippen LogP contribution in [-0.2, 0) is 4.79 Å². The average molecular weight is 373 g/mol. The topological polar surface area (TPSA) is 39.7 Å². The summed E-state index contributed by atoms with van der Waals surface area (Å²) in [6.45, 7) is 9.87. The molecule has 2 saturated heterocycles. The van der Waals surface area contributed by atoms with Gasteiger partial charge in [-0.3, -0.25) is 4.79 Å². The maximum atomic E-state index is 13.0. The number of piperazine rings is 1. The molecule has 1 aromatic heterocycles. The molecule has 2 aromatic rings. The summed E-state index contributed by atoms with van der Waals surface area (Å²) in [7, 11) is 0. The second-order valence-electron chi connectivity index (χ2n) is 7.74. The highest BCUT2D eigenvalue weighted by Crippen LogP contribution is 2.30. The molecule has 0 saturated carbocycles. The van der Waals surface area contributed by atoms with Crippen molar-refractivity contribution in [3.05, 3.63) is 24.3 Å². The normalized spacial score (nSPS) is 22.3. The van der Waals surface area contributed by atoms with Gasteiger partial charge in [0.15, 0.2) is 0 Å². The van der Waals surface area contributed by atoms with Crippen LogP contribution >= 0.6 is 11.5 Å². The number of piperidine rings is 1. The highest BCUT2D eigenvalue weighted by atomic mass is 32.1. The second kappa shape index (κ2) is 7.53. The Morgan fingerprint density at radius 3 is 2.69 bits per heavy atom. The summed E-state index contributed by atoms with van der Waals surface area (Å²) in [5.74, 6) is 1.62. The van der Waals surface area contributed by atoms with Crippen LogP contribution in [0.3, 0.4) is 0 Å². The van der Waals surface area contributed by atoms with E-state index in [-0.39, 0.29) is 5.92 Å². The number of likely N-dealkylation sites (tertiary alicyclic amines) is 1. The summed E-state index contributed by atoms with van der Waals surface area (Å²) in [5, 5.41) is 1.23. The predicted molar refractivity (Wildman–Crippen MR) is 108 cm³/mol. The van der Waals surface area contributed by atoms with Crippen LogP contribution in [-0.4, -0.2) is 65.4 Å². The Hall–Kier alpha value is -1.66. The summed E-state index contributed by atoms with van der Waals surface area (Å²) in [4.78, 5) is 19.9. The van der Waals surface area contributed by atoms with Crippen molar-refractivity contribution in [1.82, 2.24) is 14.2 Å². The molecule has 1 atom stereocenters. The van der Waals surface area contributed by atoms with E-state index in [4.69, 9.17) is 0 Å². The van der Waals surface area contributed by atoms with Crippen molar-refractivity contribution in [2.75, 3.05) is 44.2 Å². The summed E-state index contributed by atoms with van der Waals surface area (Å²) >= 11 is 1.56. The maximum Gasteiger partial charge on any atom is 0.227 e. The lowest BCUT2D eigenvalue weighted by Gasteiger charge is -2.40. The van der Waals surface area contributed by atoms with E-state index >= 15 is 0 Å². The third-order valence-electron chi connectivity index (χ3n) is 5.78. The van der Waals surface area contributed by atoms with Gasteiger partial charge in [-0.05, 0) is 56.9 Å². The number of carbonyl (C=O) groups excluding carboxylic acids is 1. The minimum atomic E-state index is 0.179. The third-order valence-corrected chi connectivity index (χ3v) is 6.60. The molecule has 1 amide bonds. The number of amides is 1. The van der Waals surface area contributed by atoms with Crippen molar-refractivity contribution in [1.29, 1.82) is 0 Å². The molecular formula is C20H28N4OS. The molecule has 5 nitrogen and oxygen atoms in total. The number of benzene rings is 1. The molecule has 2 aliphatic rings. The molecule has 0 bridgehead atoms. The molecule has 1 aromatic carbocycles. The fourth-order valence-electron chi connectivity index (χ4n) is 4.17. The molecular weight excluding hydrogens is 344 g/mol. The van der Waals surface area contributed by atoms with Crippen LogP contribution in [0.5, 0.6) is 0 Å². The average Bonchev–Trinajstić information content (AvgIpc) is 3.12. The van der Waals surface area contributed by atoms with Gasteiger partial charge < -0.3 is 14.7 Å². The quantitative estimate of drug-likeness (QED) is 0.830. The van der Waals surface area contributed by atoms with Gasteiger partial charge in [0, 0.05) is 44.2 Å². The fraction of sp³-hybridized carbons (Fsp3) is 0.600. The van der Waals surface area contributed by atoms with E-state index in [0.717, 1.165) is 57.9 Å². The monoisotopic (exact) mass is 372 g/mol. The number of nitrogens with zero attached hydrogens (tertiary/aromatic N) is 4. The van der Waals surface area contributed by atoms with E-state index in [9.17, 15) is 4.79 Å². The van der Waals surface area contributed by atoms with Crippen LogP contribution in [0.4, 0.5) is 5.82 Å². The zero-order valence-electron chi connectivity index (χ0n) is 15.7. The SMILES string of the molecule is CC(C)N1CCC[C@H](C(=O)N2CCN(c3nsc4ccccc34)CC2)C1. The summed E-state index contributed by atoms with van der Waals surface area (Å²) in [6, 6.07) is 8.93. The van der Waals surface area contributed by atoms with Crippen molar-refractivity contribution in [2.45, 2.75) is 32.7 Å². The van der Waals surface area contributed by atoms with Crippen LogP contribution < -0.4 is 4.90 Å². The lowest BCUT2D eigenvalue weighted by atomic mass is 9.95. The third kappa shape index (κ3) is 3.45. The van der Waals surface area contributed by atoms with Crippen LogP contribution in [0.15, 0.2) is 24.3 Å².